The summed E-state index contributed by atoms with van der Waals surface area (Å²) in [5.74, 6) is 0. The lowest BCUT2D eigenvalue weighted by molar-refractivity contribution is 0.600. The molecule has 0 aromatic carbocycles. The minimum absolute atomic E-state index is 0.533. The monoisotopic (exact) mass is 221 g/mol. The van der Waals surface area contributed by atoms with Crippen molar-refractivity contribution in [2.75, 3.05) is 5.32 Å². The van der Waals surface area contributed by atoms with Gasteiger partial charge in [0.25, 0.3) is 0 Å². The van der Waals surface area contributed by atoms with E-state index in [1.807, 2.05) is 24.0 Å². The Morgan fingerprint density at radius 2 is 2.31 bits per heavy atom. The zero-order valence-corrected chi connectivity index (χ0v) is 10.7. The lowest BCUT2D eigenvalue weighted by Gasteiger charge is -2.18. The van der Waals surface area contributed by atoms with Crippen molar-refractivity contribution in [3.63, 3.8) is 0 Å². The molecule has 0 aliphatic carbocycles. The van der Waals surface area contributed by atoms with E-state index >= 15 is 0 Å². The van der Waals surface area contributed by atoms with E-state index in [1.165, 1.54) is 18.5 Å². The first kappa shape index (κ1) is 12.8. The molecule has 0 bridgehead atoms. The first-order valence-electron chi connectivity index (χ1n) is 6.05. The Labute approximate surface area is 98.5 Å². The van der Waals surface area contributed by atoms with Crippen LogP contribution in [0.25, 0.3) is 0 Å². The molecule has 1 aromatic heterocycles. The highest BCUT2D eigenvalue weighted by Crippen LogP contribution is 2.17. The summed E-state index contributed by atoms with van der Waals surface area (Å²) < 4.78 is 1.90. The van der Waals surface area contributed by atoms with Crippen molar-refractivity contribution in [2.45, 2.75) is 45.6 Å². The molecule has 0 aliphatic rings. The van der Waals surface area contributed by atoms with Crippen molar-refractivity contribution in [2.24, 2.45) is 7.05 Å². The highest BCUT2D eigenvalue weighted by Gasteiger charge is 2.10. The van der Waals surface area contributed by atoms with E-state index in [1.54, 1.807) is 0 Å². The summed E-state index contributed by atoms with van der Waals surface area (Å²) >= 11 is 0. The highest BCUT2D eigenvalue weighted by atomic mass is 15.3. The largest absolute Gasteiger partial charge is 0.380 e. The molecule has 1 atom stereocenters. The molecule has 0 saturated carbocycles. The average Bonchev–Trinajstić information content (AvgIpc) is 2.58. The predicted octanol–water partition coefficient (Wildman–Crippen LogP) is 3.28. The first-order chi connectivity index (χ1) is 7.69. The topological polar surface area (TPSA) is 29.9 Å². The normalized spacial score (nSPS) is 12.4. The van der Waals surface area contributed by atoms with Crippen LogP contribution in [0.2, 0.25) is 0 Å². The number of rotatable bonds is 7. The smallest absolute Gasteiger partial charge is 0.0758 e. The Balaban J connectivity index is 2.59. The fourth-order valence-corrected chi connectivity index (χ4v) is 1.82. The maximum Gasteiger partial charge on any atom is 0.0758 e. The van der Waals surface area contributed by atoms with Crippen molar-refractivity contribution in [1.82, 2.24) is 9.78 Å². The summed E-state index contributed by atoms with van der Waals surface area (Å²) in [7, 11) is 1.97. The van der Waals surface area contributed by atoms with Crippen molar-refractivity contribution < 1.29 is 0 Å². The molecule has 0 fully saturated rings. The number of hydrogen-bond donors (Lipinski definition) is 1. The van der Waals surface area contributed by atoms with Crippen LogP contribution in [0.15, 0.2) is 18.9 Å². The van der Waals surface area contributed by atoms with Crippen LogP contribution in [0.5, 0.6) is 0 Å². The Bertz CT molecular complexity index is 328. The van der Waals surface area contributed by atoms with Gasteiger partial charge in [-0.1, -0.05) is 19.4 Å². The first-order valence-corrected chi connectivity index (χ1v) is 6.05. The summed E-state index contributed by atoms with van der Waals surface area (Å²) in [4.78, 5) is 0. The molecular formula is C13H23N3. The second kappa shape index (κ2) is 6.36. The number of allylic oxidation sites excluding steroid dienone is 1. The molecule has 1 N–H and O–H groups in total. The summed E-state index contributed by atoms with van der Waals surface area (Å²) in [6, 6.07) is 0.533. The lowest BCUT2D eigenvalue weighted by atomic mass is 10.1. The minimum atomic E-state index is 0.533. The lowest BCUT2D eigenvalue weighted by Crippen LogP contribution is -2.19. The van der Waals surface area contributed by atoms with Gasteiger partial charge in [-0.25, -0.2) is 0 Å². The third kappa shape index (κ3) is 3.40. The van der Waals surface area contributed by atoms with E-state index < -0.39 is 0 Å². The summed E-state index contributed by atoms with van der Waals surface area (Å²) in [6.45, 7) is 8.09. The maximum atomic E-state index is 4.24. The van der Waals surface area contributed by atoms with E-state index in [-0.39, 0.29) is 0 Å². The molecule has 16 heavy (non-hydrogen) atoms. The van der Waals surface area contributed by atoms with Gasteiger partial charge in [0.2, 0.25) is 0 Å². The summed E-state index contributed by atoms with van der Waals surface area (Å²) in [6.07, 6.45) is 8.51. The van der Waals surface area contributed by atoms with Crippen LogP contribution in [0.1, 0.15) is 38.3 Å². The molecule has 0 amide bonds. The van der Waals surface area contributed by atoms with Gasteiger partial charge in [-0.2, -0.15) is 5.10 Å². The maximum absolute atomic E-state index is 4.24. The van der Waals surface area contributed by atoms with Crippen LogP contribution in [0, 0.1) is 6.92 Å². The molecule has 0 aliphatic heterocycles. The number of aromatic nitrogens is 2. The van der Waals surface area contributed by atoms with Gasteiger partial charge in [0.1, 0.15) is 0 Å². The molecule has 90 valence electrons. The van der Waals surface area contributed by atoms with Gasteiger partial charge >= 0.3 is 0 Å². The molecule has 0 saturated heterocycles. The highest BCUT2D eigenvalue weighted by molar-refractivity contribution is 5.46. The van der Waals surface area contributed by atoms with Crippen molar-refractivity contribution in [1.29, 1.82) is 0 Å². The Morgan fingerprint density at radius 3 is 2.81 bits per heavy atom. The van der Waals surface area contributed by atoms with Crippen LogP contribution < -0.4 is 5.32 Å². The zero-order chi connectivity index (χ0) is 12.0. The van der Waals surface area contributed by atoms with E-state index in [0.717, 1.165) is 18.5 Å². The Morgan fingerprint density at radius 1 is 1.56 bits per heavy atom. The van der Waals surface area contributed by atoms with E-state index in [4.69, 9.17) is 0 Å². The predicted molar refractivity (Wildman–Crippen MR) is 69.7 cm³/mol. The van der Waals surface area contributed by atoms with E-state index in [2.05, 4.69) is 30.8 Å². The van der Waals surface area contributed by atoms with E-state index in [0.29, 0.717) is 6.04 Å². The third-order valence-electron chi connectivity index (χ3n) is 2.95. The van der Waals surface area contributed by atoms with Crippen LogP contribution in [-0.2, 0) is 7.05 Å². The number of nitrogens with zero attached hydrogens (tertiary/aromatic N) is 2. The second-order valence-electron chi connectivity index (χ2n) is 4.26. The summed E-state index contributed by atoms with van der Waals surface area (Å²) in [5, 5.41) is 7.82. The zero-order valence-electron chi connectivity index (χ0n) is 10.7. The quantitative estimate of drug-likeness (QED) is 0.716. The van der Waals surface area contributed by atoms with Crippen LogP contribution in [0.3, 0.4) is 0 Å². The molecule has 0 radical (unpaired) electrons. The van der Waals surface area contributed by atoms with Gasteiger partial charge in [-0.15, -0.1) is 6.58 Å². The molecule has 3 nitrogen and oxygen atoms in total. The second-order valence-corrected chi connectivity index (χ2v) is 4.26. The molecule has 1 heterocycles. The van der Waals surface area contributed by atoms with E-state index in [9.17, 15) is 0 Å². The van der Waals surface area contributed by atoms with Crippen molar-refractivity contribution in [3.05, 3.63) is 24.5 Å². The molecule has 1 rings (SSSR count). The fourth-order valence-electron chi connectivity index (χ4n) is 1.82. The van der Waals surface area contributed by atoms with Gasteiger partial charge < -0.3 is 5.32 Å². The molecule has 0 spiro atoms. The number of anilines is 1. The third-order valence-corrected chi connectivity index (χ3v) is 2.95. The molecule has 3 heteroatoms. The van der Waals surface area contributed by atoms with Gasteiger partial charge in [0.15, 0.2) is 0 Å². The summed E-state index contributed by atoms with van der Waals surface area (Å²) in [5.41, 5.74) is 2.35. The fraction of sp³-hybridized carbons (Fsp3) is 0.615. The average molecular weight is 221 g/mol. The van der Waals surface area contributed by atoms with Crippen LogP contribution in [-0.4, -0.2) is 15.8 Å². The SMILES string of the molecule is C=CCCC(CCC)Nc1cnn(C)c1C. The number of hydrogen-bond acceptors (Lipinski definition) is 2. The molecule has 1 aromatic rings. The standard InChI is InChI=1S/C13H23N3/c1-5-7-9-12(8-6-2)15-13-10-14-16(4)11(13)3/h5,10,12,15H,1,6-9H2,2-4H3. The number of nitrogens with one attached hydrogen (secondary N) is 1. The molecular weight excluding hydrogens is 198 g/mol. The van der Waals surface area contributed by atoms with Crippen molar-refractivity contribution >= 4 is 5.69 Å². The van der Waals surface area contributed by atoms with Crippen molar-refractivity contribution in [3.8, 4) is 0 Å². The van der Waals surface area contributed by atoms with Gasteiger partial charge in [0.05, 0.1) is 17.6 Å². The van der Waals surface area contributed by atoms with Gasteiger partial charge in [0, 0.05) is 13.1 Å². The molecule has 1 unspecified atom stereocenters. The van der Waals surface area contributed by atoms with Crippen LogP contribution in [0.4, 0.5) is 5.69 Å². The van der Waals surface area contributed by atoms with Crippen LogP contribution >= 0.6 is 0 Å². The Kier molecular flexibility index (Phi) is 5.09. The Hall–Kier alpha value is -1.25. The van der Waals surface area contributed by atoms with Gasteiger partial charge in [-0.05, 0) is 26.2 Å². The minimum Gasteiger partial charge on any atom is -0.380 e. The van der Waals surface area contributed by atoms with Gasteiger partial charge in [-0.3, -0.25) is 4.68 Å². The number of aryl methyl sites for hydroxylation is 1.